The van der Waals surface area contributed by atoms with Gasteiger partial charge in [-0.25, -0.2) is 0 Å². The van der Waals surface area contributed by atoms with E-state index in [-0.39, 0.29) is 0 Å². The van der Waals surface area contributed by atoms with Crippen molar-refractivity contribution < 1.29 is 28.4 Å². The largest absolute Gasteiger partial charge is 0.495 e. The lowest BCUT2D eigenvalue weighted by Gasteiger charge is -2.26. The fourth-order valence-corrected chi connectivity index (χ4v) is 4.64. The molecule has 4 atom stereocenters. The molecule has 188 valence electrons. The molecule has 0 saturated carbocycles. The summed E-state index contributed by atoms with van der Waals surface area (Å²) < 4.78 is 33.6. The van der Waals surface area contributed by atoms with E-state index in [1.165, 1.54) is 11.1 Å². The molecule has 4 saturated heterocycles. The number of hydrogen-bond donors (Lipinski definition) is 0. The van der Waals surface area contributed by atoms with Gasteiger partial charge in [0, 0.05) is 26.2 Å². The van der Waals surface area contributed by atoms with Crippen LogP contribution in [0.5, 0.6) is 11.5 Å². The van der Waals surface area contributed by atoms with Crippen molar-refractivity contribution in [3.05, 3.63) is 47.5 Å². The van der Waals surface area contributed by atoms with Gasteiger partial charge >= 0.3 is 0 Å². The molecule has 2 aromatic carbocycles. The molecule has 4 fully saturated rings. The Hall–Kier alpha value is -2.52. The van der Waals surface area contributed by atoms with Crippen LogP contribution in [0.4, 0.5) is 11.4 Å². The fourth-order valence-electron chi connectivity index (χ4n) is 4.64. The fraction of sp³-hybridized carbons (Fsp3) is 0.556. The summed E-state index contributed by atoms with van der Waals surface area (Å²) in [6.07, 6.45) is 2.02. The number of epoxide rings is 4. The van der Waals surface area contributed by atoms with E-state index in [1.54, 1.807) is 14.2 Å². The highest BCUT2D eigenvalue weighted by Gasteiger charge is 2.33. The maximum Gasteiger partial charge on any atom is 0.142 e. The first-order chi connectivity index (χ1) is 17.2. The summed E-state index contributed by atoms with van der Waals surface area (Å²) in [6.45, 7) is 6.78. The van der Waals surface area contributed by atoms with Gasteiger partial charge in [-0.2, -0.15) is 0 Å². The molecule has 0 N–H and O–H groups in total. The van der Waals surface area contributed by atoms with Crippen molar-refractivity contribution in [1.29, 1.82) is 0 Å². The smallest absolute Gasteiger partial charge is 0.142 e. The van der Waals surface area contributed by atoms with Gasteiger partial charge in [0.25, 0.3) is 0 Å². The second-order valence-electron chi connectivity index (χ2n) is 9.82. The predicted molar refractivity (Wildman–Crippen MR) is 132 cm³/mol. The maximum absolute atomic E-state index is 5.81. The third kappa shape index (κ3) is 6.01. The number of rotatable bonds is 14. The third-order valence-corrected chi connectivity index (χ3v) is 6.88. The Morgan fingerprint density at radius 2 is 0.971 bits per heavy atom. The molecule has 6 rings (SSSR count). The topological polar surface area (TPSA) is 75.1 Å². The van der Waals surface area contributed by atoms with Crippen LogP contribution in [0.1, 0.15) is 11.1 Å². The van der Waals surface area contributed by atoms with Crippen LogP contribution < -0.4 is 19.3 Å². The molecule has 0 radical (unpaired) electrons. The highest BCUT2D eigenvalue weighted by Crippen LogP contribution is 2.35. The molecule has 0 aromatic heterocycles. The van der Waals surface area contributed by atoms with Crippen LogP contribution in [0.2, 0.25) is 0 Å². The molecular formula is C27H34N2O6. The van der Waals surface area contributed by atoms with Gasteiger partial charge in [0.1, 0.15) is 11.5 Å². The minimum Gasteiger partial charge on any atom is -0.495 e. The highest BCUT2D eigenvalue weighted by molar-refractivity contribution is 5.62. The van der Waals surface area contributed by atoms with Crippen molar-refractivity contribution >= 4 is 11.4 Å². The van der Waals surface area contributed by atoms with Gasteiger partial charge < -0.3 is 38.2 Å². The molecule has 4 aliphatic rings. The standard InChI is InChI=1S/C27H34N2O6/c1-30-26-8-18(3-5-24(26)28(10-20-14-32-20)11-21-15-33-21)7-19-4-6-25(27(9-19)31-2)29(12-22-16-34-22)13-23-17-35-23/h3-6,8-9,20-23H,7,10-17H2,1-2H3. The molecule has 4 aliphatic heterocycles. The van der Waals surface area contributed by atoms with Crippen molar-refractivity contribution in [2.75, 3.05) is 76.6 Å². The van der Waals surface area contributed by atoms with Gasteiger partial charge in [0.2, 0.25) is 0 Å². The third-order valence-electron chi connectivity index (χ3n) is 6.88. The van der Waals surface area contributed by atoms with Crippen LogP contribution in [0, 0.1) is 0 Å². The molecule has 4 heterocycles. The summed E-state index contributed by atoms with van der Waals surface area (Å²) >= 11 is 0. The minimum atomic E-state index is 0.307. The summed E-state index contributed by atoms with van der Waals surface area (Å²) in [4.78, 5) is 4.66. The van der Waals surface area contributed by atoms with Crippen LogP contribution in [0.3, 0.4) is 0 Å². The van der Waals surface area contributed by atoms with E-state index < -0.39 is 0 Å². The van der Waals surface area contributed by atoms with Gasteiger partial charge in [-0.1, -0.05) is 12.1 Å². The van der Waals surface area contributed by atoms with E-state index in [0.29, 0.717) is 24.4 Å². The molecule has 4 unspecified atom stereocenters. The van der Waals surface area contributed by atoms with Crippen molar-refractivity contribution in [3.63, 3.8) is 0 Å². The number of anilines is 2. The molecule has 8 nitrogen and oxygen atoms in total. The molecule has 0 spiro atoms. The Morgan fingerprint density at radius 3 is 1.26 bits per heavy atom. The minimum absolute atomic E-state index is 0.307. The van der Waals surface area contributed by atoms with Crippen LogP contribution in [-0.2, 0) is 25.4 Å². The average Bonchev–Trinajstić information content (AvgIpc) is 3.70. The Morgan fingerprint density at radius 1 is 0.629 bits per heavy atom. The summed E-state index contributed by atoms with van der Waals surface area (Å²) in [7, 11) is 3.48. The Labute approximate surface area is 206 Å². The number of benzene rings is 2. The second-order valence-corrected chi connectivity index (χ2v) is 9.82. The number of ether oxygens (including phenoxy) is 6. The number of nitrogens with zero attached hydrogens (tertiary/aromatic N) is 2. The van der Waals surface area contributed by atoms with E-state index >= 15 is 0 Å². The molecule has 0 aliphatic carbocycles. The van der Waals surface area contributed by atoms with Crippen molar-refractivity contribution in [2.45, 2.75) is 30.8 Å². The van der Waals surface area contributed by atoms with E-state index in [9.17, 15) is 0 Å². The Kier molecular flexibility index (Phi) is 6.45. The zero-order valence-corrected chi connectivity index (χ0v) is 20.5. The first kappa shape index (κ1) is 22.9. The van der Waals surface area contributed by atoms with Gasteiger partial charge in [0.15, 0.2) is 0 Å². The molecule has 35 heavy (non-hydrogen) atoms. The van der Waals surface area contributed by atoms with Crippen molar-refractivity contribution in [2.24, 2.45) is 0 Å². The van der Waals surface area contributed by atoms with E-state index in [2.05, 4.69) is 46.2 Å². The first-order valence-electron chi connectivity index (χ1n) is 12.5. The van der Waals surface area contributed by atoms with Crippen LogP contribution in [-0.4, -0.2) is 91.2 Å². The molecule has 8 heteroatoms. The van der Waals surface area contributed by atoms with Gasteiger partial charge in [0.05, 0.1) is 76.4 Å². The zero-order chi connectivity index (χ0) is 23.8. The maximum atomic E-state index is 5.81. The predicted octanol–water partition coefficient (Wildman–Crippen LogP) is 2.50. The SMILES string of the molecule is COc1cc(Cc2ccc(N(CC3CO3)CC3CO3)c(OC)c2)ccc1N(CC1CO1)CC1CO1. The summed E-state index contributed by atoms with van der Waals surface area (Å²) in [5.41, 5.74) is 4.58. The Bertz CT molecular complexity index is 923. The van der Waals surface area contributed by atoms with Crippen molar-refractivity contribution in [3.8, 4) is 11.5 Å². The van der Waals surface area contributed by atoms with Gasteiger partial charge in [-0.3, -0.25) is 0 Å². The van der Waals surface area contributed by atoms with E-state index in [1.807, 2.05) is 0 Å². The molecule has 2 aromatic rings. The van der Waals surface area contributed by atoms with Gasteiger partial charge in [-0.15, -0.1) is 0 Å². The second kappa shape index (κ2) is 9.85. The lowest BCUT2D eigenvalue weighted by molar-refractivity contribution is 0.383. The lowest BCUT2D eigenvalue weighted by Crippen LogP contribution is -2.32. The van der Waals surface area contributed by atoms with E-state index in [4.69, 9.17) is 28.4 Å². The van der Waals surface area contributed by atoms with Crippen LogP contribution >= 0.6 is 0 Å². The number of methoxy groups -OCH3 is 2. The van der Waals surface area contributed by atoms with Crippen molar-refractivity contribution in [1.82, 2.24) is 0 Å². The normalized spacial score (nSPS) is 25.7. The number of hydrogen-bond acceptors (Lipinski definition) is 8. The summed E-state index contributed by atoms with van der Waals surface area (Å²) in [5, 5.41) is 0. The quantitative estimate of drug-likeness (QED) is 0.380. The van der Waals surface area contributed by atoms with E-state index in [0.717, 1.165) is 81.9 Å². The lowest BCUT2D eigenvalue weighted by atomic mass is 10.0. The first-order valence-corrected chi connectivity index (χ1v) is 12.5. The van der Waals surface area contributed by atoms with Crippen LogP contribution in [0.25, 0.3) is 0 Å². The summed E-state index contributed by atoms with van der Waals surface area (Å²) in [6, 6.07) is 13.0. The van der Waals surface area contributed by atoms with Crippen LogP contribution in [0.15, 0.2) is 36.4 Å². The summed E-state index contributed by atoms with van der Waals surface area (Å²) in [5.74, 6) is 1.76. The van der Waals surface area contributed by atoms with Gasteiger partial charge in [-0.05, 0) is 41.8 Å². The average molecular weight is 483 g/mol. The molecule has 0 amide bonds. The highest BCUT2D eigenvalue weighted by atomic mass is 16.6. The monoisotopic (exact) mass is 482 g/mol. The zero-order valence-electron chi connectivity index (χ0n) is 20.5. The molecular weight excluding hydrogens is 448 g/mol. The molecule has 0 bridgehead atoms. The Balaban J connectivity index is 1.19.